The molecule has 0 saturated carbocycles. The summed E-state index contributed by atoms with van der Waals surface area (Å²) in [7, 11) is 3.67. The summed E-state index contributed by atoms with van der Waals surface area (Å²) in [5, 5.41) is 4.28. The number of aromatic amines is 2. The molecule has 0 aliphatic heterocycles. The largest absolute Gasteiger partial charge is 0.362 e. The second kappa shape index (κ2) is 6.84. The maximum absolute atomic E-state index is 14.4. The number of anilines is 3. The fraction of sp³-hybridized carbons (Fsp3) is 0.143. The van der Waals surface area contributed by atoms with Crippen molar-refractivity contribution in [2.24, 2.45) is 0 Å². The number of hydrogen-bond donors (Lipinski definition) is 3. The van der Waals surface area contributed by atoms with Crippen LogP contribution in [-0.2, 0) is 0 Å². The van der Waals surface area contributed by atoms with Crippen LogP contribution >= 0.6 is 0 Å². The van der Waals surface area contributed by atoms with Crippen LogP contribution in [0.4, 0.5) is 21.6 Å². The molecular formula is C21H20FN5O. The molecule has 3 N–H and O–H groups in total. The van der Waals surface area contributed by atoms with Crippen molar-refractivity contribution >= 4 is 28.2 Å². The second-order valence-electron chi connectivity index (χ2n) is 6.88. The molecule has 4 aromatic rings. The van der Waals surface area contributed by atoms with Crippen molar-refractivity contribution in [2.75, 3.05) is 24.3 Å². The van der Waals surface area contributed by atoms with Gasteiger partial charge in [0.25, 0.3) is 5.56 Å². The van der Waals surface area contributed by atoms with E-state index >= 15 is 0 Å². The summed E-state index contributed by atoms with van der Waals surface area (Å²) in [4.78, 5) is 24.7. The van der Waals surface area contributed by atoms with Gasteiger partial charge in [-0.15, -0.1) is 0 Å². The summed E-state index contributed by atoms with van der Waals surface area (Å²) in [5.74, 6) is 0.166. The molecule has 3 heterocycles. The molecule has 3 aromatic heterocycles. The van der Waals surface area contributed by atoms with Gasteiger partial charge < -0.3 is 20.2 Å². The van der Waals surface area contributed by atoms with Gasteiger partial charge in [0.15, 0.2) is 0 Å². The molecule has 4 rings (SSSR count). The van der Waals surface area contributed by atoms with Gasteiger partial charge in [-0.25, -0.2) is 9.37 Å². The highest BCUT2D eigenvalue weighted by atomic mass is 19.1. The predicted octanol–water partition coefficient (Wildman–Crippen LogP) is 4.18. The first kappa shape index (κ1) is 17.8. The van der Waals surface area contributed by atoms with Crippen LogP contribution < -0.4 is 15.8 Å². The molecule has 0 aliphatic carbocycles. The van der Waals surface area contributed by atoms with E-state index in [1.165, 1.54) is 6.07 Å². The zero-order valence-corrected chi connectivity index (χ0v) is 15.8. The number of aromatic nitrogens is 3. The Morgan fingerprint density at radius 3 is 2.68 bits per heavy atom. The van der Waals surface area contributed by atoms with Gasteiger partial charge in [0, 0.05) is 37.4 Å². The Morgan fingerprint density at radius 2 is 1.89 bits per heavy atom. The molecule has 1 aromatic carbocycles. The molecule has 7 heteroatoms. The third-order valence-electron chi connectivity index (χ3n) is 4.61. The highest BCUT2D eigenvalue weighted by molar-refractivity contribution is 5.92. The number of hydrogen-bond acceptors (Lipinski definition) is 4. The van der Waals surface area contributed by atoms with E-state index < -0.39 is 5.82 Å². The average molecular weight is 377 g/mol. The molecule has 142 valence electrons. The molecule has 0 aliphatic rings. The number of nitrogens with one attached hydrogen (secondary N) is 3. The van der Waals surface area contributed by atoms with E-state index in [9.17, 15) is 9.18 Å². The molecule has 0 saturated heterocycles. The summed E-state index contributed by atoms with van der Waals surface area (Å²) in [6.45, 7) is 1.87. The van der Waals surface area contributed by atoms with E-state index in [1.807, 2.05) is 39.3 Å². The number of halogens is 1. The highest BCUT2D eigenvalue weighted by Crippen LogP contribution is 2.32. The molecule has 0 bridgehead atoms. The van der Waals surface area contributed by atoms with Crippen molar-refractivity contribution in [1.82, 2.24) is 15.0 Å². The summed E-state index contributed by atoms with van der Waals surface area (Å²) in [5.41, 5.74) is 3.33. The Bertz CT molecular complexity index is 1230. The number of nitrogens with zero attached hydrogens (tertiary/aromatic N) is 2. The lowest BCUT2D eigenvalue weighted by Gasteiger charge is -2.19. The van der Waals surface area contributed by atoms with Gasteiger partial charge in [-0.3, -0.25) is 4.79 Å². The van der Waals surface area contributed by atoms with Gasteiger partial charge in [-0.1, -0.05) is 11.6 Å². The Kier molecular flexibility index (Phi) is 4.35. The first-order valence-electron chi connectivity index (χ1n) is 8.84. The lowest BCUT2D eigenvalue weighted by atomic mass is 10.0. The topological polar surface area (TPSA) is 76.8 Å². The number of rotatable bonds is 4. The number of benzene rings is 1. The second-order valence-corrected chi connectivity index (χ2v) is 6.88. The Balaban J connectivity index is 1.89. The number of pyridine rings is 2. The van der Waals surface area contributed by atoms with Crippen molar-refractivity contribution in [1.29, 1.82) is 0 Å². The minimum atomic E-state index is -0.434. The smallest absolute Gasteiger partial charge is 0.257 e. The van der Waals surface area contributed by atoms with E-state index in [0.717, 1.165) is 22.3 Å². The standard InChI is InChI=1S/C21H20FN5O/c1-12-4-5-16(22)14(10-12)15-11-18(20(27(2)3)26-21(15)28)25-17-7-9-24-19-13(17)6-8-23-19/h4-11H,1-3H3,(H,26,28)(H2,23,24,25). The minimum absolute atomic E-state index is 0.272. The van der Waals surface area contributed by atoms with E-state index in [2.05, 4.69) is 20.3 Å². The highest BCUT2D eigenvalue weighted by Gasteiger charge is 2.16. The van der Waals surface area contributed by atoms with Crippen LogP contribution in [0.3, 0.4) is 0 Å². The summed E-state index contributed by atoms with van der Waals surface area (Å²) in [6.07, 6.45) is 3.51. The van der Waals surface area contributed by atoms with Crippen LogP contribution in [0.1, 0.15) is 5.56 Å². The third-order valence-corrected chi connectivity index (χ3v) is 4.61. The fourth-order valence-electron chi connectivity index (χ4n) is 3.23. The van der Waals surface area contributed by atoms with Gasteiger partial charge in [0.2, 0.25) is 0 Å². The summed E-state index contributed by atoms with van der Waals surface area (Å²) < 4.78 is 14.4. The summed E-state index contributed by atoms with van der Waals surface area (Å²) in [6, 6.07) is 10.2. The summed E-state index contributed by atoms with van der Waals surface area (Å²) >= 11 is 0. The Labute approximate surface area is 161 Å². The average Bonchev–Trinajstić information content (AvgIpc) is 3.14. The molecular weight excluding hydrogens is 357 g/mol. The van der Waals surface area contributed by atoms with Crippen LogP contribution in [0.2, 0.25) is 0 Å². The van der Waals surface area contributed by atoms with Crippen molar-refractivity contribution in [3.05, 3.63) is 70.5 Å². The SMILES string of the molecule is Cc1ccc(F)c(-c2cc(Nc3ccnc4[nH]ccc34)c(N(C)C)[nH]c2=O)c1. The first-order chi connectivity index (χ1) is 13.4. The lowest BCUT2D eigenvalue weighted by molar-refractivity contribution is 0.630. The molecule has 0 unspecified atom stereocenters. The molecule has 0 radical (unpaired) electrons. The Morgan fingerprint density at radius 1 is 1.07 bits per heavy atom. The van der Waals surface area contributed by atoms with Crippen LogP contribution in [0.25, 0.3) is 22.2 Å². The molecule has 28 heavy (non-hydrogen) atoms. The van der Waals surface area contributed by atoms with E-state index in [1.54, 1.807) is 29.3 Å². The van der Waals surface area contributed by atoms with Crippen LogP contribution in [0, 0.1) is 12.7 Å². The zero-order valence-electron chi connectivity index (χ0n) is 15.8. The molecule has 6 nitrogen and oxygen atoms in total. The maximum atomic E-state index is 14.4. The first-order valence-corrected chi connectivity index (χ1v) is 8.84. The van der Waals surface area contributed by atoms with Crippen molar-refractivity contribution < 1.29 is 4.39 Å². The normalized spacial score (nSPS) is 11.0. The van der Waals surface area contributed by atoms with Gasteiger partial charge in [0.05, 0.1) is 16.9 Å². The van der Waals surface area contributed by atoms with Crippen molar-refractivity contribution in [2.45, 2.75) is 6.92 Å². The van der Waals surface area contributed by atoms with Crippen molar-refractivity contribution in [3.8, 4) is 11.1 Å². The molecule has 0 fully saturated rings. The van der Waals surface area contributed by atoms with Crippen LogP contribution in [-0.4, -0.2) is 29.0 Å². The number of H-pyrrole nitrogens is 2. The monoisotopic (exact) mass is 377 g/mol. The van der Waals surface area contributed by atoms with Crippen molar-refractivity contribution in [3.63, 3.8) is 0 Å². The van der Waals surface area contributed by atoms with E-state index in [0.29, 0.717) is 11.5 Å². The zero-order chi connectivity index (χ0) is 19.8. The van der Waals surface area contributed by atoms with Crippen LogP contribution in [0.5, 0.6) is 0 Å². The van der Waals surface area contributed by atoms with Gasteiger partial charge in [0.1, 0.15) is 17.3 Å². The Hall–Kier alpha value is -3.61. The lowest BCUT2D eigenvalue weighted by Crippen LogP contribution is -2.20. The fourth-order valence-corrected chi connectivity index (χ4v) is 3.23. The van der Waals surface area contributed by atoms with Gasteiger partial charge in [-0.2, -0.15) is 0 Å². The van der Waals surface area contributed by atoms with Crippen LogP contribution in [0.15, 0.2) is 53.6 Å². The maximum Gasteiger partial charge on any atom is 0.257 e. The van der Waals surface area contributed by atoms with E-state index in [-0.39, 0.29) is 16.7 Å². The molecule has 0 amide bonds. The molecule has 0 spiro atoms. The predicted molar refractivity (Wildman–Crippen MR) is 111 cm³/mol. The number of aryl methyl sites for hydroxylation is 1. The number of fused-ring (bicyclic) bond motifs is 1. The quantitative estimate of drug-likeness (QED) is 0.499. The van der Waals surface area contributed by atoms with E-state index in [4.69, 9.17) is 0 Å². The third kappa shape index (κ3) is 3.11. The van der Waals surface area contributed by atoms with Gasteiger partial charge >= 0.3 is 0 Å². The minimum Gasteiger partial charge on any atom is -0.362 e. The van der Waals surface area contributed by atoms with Gasteiger partial charge in [-0.05, 0) is 37.3 Å². The molecule has 0 atom stereocenters.